The van der Waals surface area contributed by atoms with Crippen molar-refractivity contribution in [2.75, 3.05) is 25.9 Å². The largest absolute Gasteiger partial charge is 0.383 e. The molecule has 0 aliphatic carbocycles. The number of rotatable bonds is 5. The van der Waals surface area contributed by atoms with Gasteiger partial charge in [0.15, 0.2) is 5.65 Å². The highest BCUT2D eigenvalue weighted by molar-refractivity contribution is 9.10. The maximum Gasteiger partial charge on any atom is 0.251 e. The molecule has 4 aromatic rings. The van der Waals surface area contributed by atoms with E-state index in [-0.39, 0.29) is 11.8 Å². The Kier molecular flexibility index (Phi) is 6.53. The van der Waals surface area contributed by atoms with Gasteiger partial charge in [-0.2, -0.15) is 9.61 Å². The Hall–Kier alpha value is -3.30. The molecular weight excluding hydrogens is 508 g/mol. The summed E-state index contributed by atoms with van der Waals surface area (Å²) >= 11 is 3.66. The van der Waals surface area contributed by atoms with Crippen LogP contribution >= 0.6 is 15.9 Å². The summed E-state index contributed by atoms with van der Waals surface area (Å²) in [5.41, 5.74) is 11.8. The van der Waals surface area contributed by atoms with Crippen LogP contribution in [0.25, 0.3) is 28.0 Å². The first-order valence-electron chi connectivity index (χ1n) is 11.6. The number of pyridine rings is 1. The highest BCUT2D eigenvalue weighted by Gasteiger charge is 2.29. The zero-order chi connectivity index (χ0) is 24.5. The number of nitrogens with two attached hydrogens (primary N) is 1. The van der Waals surface area contributed by atoms with Crippen LogP contribution in [-0.2, 0) is 9.53 Å². The summed E-state index contributed by atoms with van der Waals surface area (Å²) in [5, 5.41) is 4.49. The van der Waals surface area contributed by atoms with Crippen molar-refractivity contribution >= 4 is 33.3 Å². The number of hydrogen-bond donors (Lipinski definition) is 1. The predicted molar refractivity (Wildman–Crippen MR) is 139 cm³/mol. The lowest BCUT2D eigenvalue weighted by Crippen LogP contribution is -2.43. The number of fused-ring (bicyclic) bond motifs is 1. The number of aromatic nitrogens is 4. The third kappa shape index (κ3) is 4.41. The molecule has 0 saturated carbocycles. The first-order chi connectivity index (χ1) is 17.0. The Bertz CT molecular complexity index is 1350. The van der Waals surface area contributed by atoms with Crippen molar-refractivity contribution in [3.8, 4) is 22.4 Å². The number of carbonyl (C=O) groups is 1. The van der Waals surface area contributed by atoms with Crippen molar-refractivity contribution in [3.05, 3.63) is 65.0 Å². The van der Waals surface area contributed by atoms with Crippen molar-refractivity contribution in [1.29, 1.82) is 0 Å². The Morgan fingerprint density at radius 1 is 1.11 bits per heavy atom. The minimum Gasteiger partial charge on any atom is -0.383 e. The van der Waals surface area contributed by atoms with E-state index in [2.05, 4.69) is 26.0 Å². The van der Waals surface area contributed by atoms with Crippen LogP contribution < -0.4 is 5.73 Å². The number of ether oxygens (including phenoxy) is 1. The number of nitrogen functional groups attached to an aromatic ring is 1. The van der Waals surface area contributed by atoms with Gasteiger partial charge in [-0.25, -0.2) is 4.98 Å². The van der Waals surface area contributed by atoms with Gasteiger partial charge in [-0.3, -0.25) is 9.78 Å². The molecule has 180 valence electrons. The van der Waals surface area contributed by atoms with E-state index >= 15 is 0 Å². The van der Waals surface area contributed by atoms with Gasteiger partial charge < -0.3 is 15.4 Å². The first kappa shape index (κ1) is 23.4. The lowest BCUT2D eigenvalue weighted by atomic mass is 9.93. The first-order valence-corrected chi connectivity index (χ1v) is 12.4. The molecule has 3 aromatic heterocycles. The van der Waals surface area contributed by atoms with Crippen molar-refractivity contribution < 1.29 is 9.53 Å². The second-order valence-corrected chi connectivity index (χ2v) is 9.56. The number of likely N-dealkylation sites (tertiary alicyclic amines) is 1. The molecule has 35 heavy (non-hydrogen) atoms. The third-order valence-corrected chi connectivity index (χ3v) is 7.50. The molecule has 0 radical (unpaired) electrons. The number of carbonyl (C=O) groups excluding carboxylic acids is 1. The van der Waals surface area contributed by atoms with Gasteiger partial charge in [-0.1, -0.05) is 36.4 Å². The molecule has 2 N–H and O–H groups in total. The van der Waals surface area contributed by atoms with Crippen molar-refractivity contribution in [2.24, 2.45) is 0 Å². The molecule has 1 aromatic carbocycles. The maximum atomic E-state index is 12.5. The number of hydrogen-bond acceptors (Lipinski definition) is 6. The zero-order valence-corrected chi connectivity index (χ0v) is 21.3. The molecule has 8 nitrogen and oxygen atoms in total. The Balaban J connectivity index is 1.44. The smallest absolute Gasteiger partial charge is 0.251 e. The Morgan fingerprint density at radius 3 is 2.51 bits per heavy atom. The van der Waals surface area contributed by atoms with E-state index in [4.69, 9.17) is 15.5 Å². The van der Waals surface area contributed by atoms with Crippen LogP contribution in [0, 0.1) is 0 Å². The van der Waals surface area contributed by atoms with Crippen LogP contribution in [-0.4, -0.2) is 56.7 Å². The van der Waals surface area contributed by atoms with Gasteiger partial charge in [-0.15, -0.1) is 0 Å². The maximum absolute atomic E-state index is 12.5. The quantitative estimate of drug-likeness (QED) is 0.403. The second kappa shape index (κ2) is 9.75. The number of benzene rings is 1. The van der Waals surface area contributed by atoms with Gasteiger partial charge in [0, 0.05) is 49.0 Å². The molecule has 4 heterocycles. The average molecular weight is 535 g/mol. The normalized spacial score (nSPS) is 15.5. The highest BCUT2D eigenvalue weighted by Crippen LogP contribution is 2.37. The Morgan fingerprint density at radius 2 is 1.86 bits per heavy atom. The number of piperidine rings is 1. The molecule has 1 fully saturated rings. The lowest BCUT2D eigenvalue weighted by Gasteiger charge is -2.33. The van der Waals surface area contributed by atoms with E-state index in [0.29, 0.717) is 24.6 Å². The summed E-state index contributed by atoms with van der Waals surface area (Å²) in [6, 6.07) is 14.1. The molecule has 9 heteroatoms. The Labute approximate surface area is 212 Å². The SMILES string of the molecule is COC(C)C(=O)N1CCC(c2nc3c(-c4ccc(-c5ccccc5)nc4)cnn3c(N)c2Br)CC1. The summed E-state index contributed by atoms with van der Waals surface area (Å²) in [5.74, 6) is 0.717. The molecule has 1 unspecified atom stereocenters. The van der Waals surface area contributed by atoms with E-state index in [1.807, 2.05) is 53.6 Å². The van der Waals surface area contributed by atoms with Gasteiger partial charge in [0.2, 0.25) is 0 Å². The summed E-state index contributed by atoms with van der Waals surface area (Å²) in [6.07, 6.45) is 4.81. The van der Waals surface area contributed by atoms with Crippen molar-refractivity contribution in [3.63, 3.8) is 0 Å². The summed E-state index contributed by atoms with van der Waals surface area (Å²) in [7, 11) is 1.56. The number of nitrogens with zero attached hydrogens (tertiary/aromatic N) is 5. The topological polar surface area (TPSA) is 98.6 Å². The van der Waals surface area contributed by atoms with Crippen molar-refractivity contribution in [1.82, 2.24) is 24.5 Å². The fraction of sp³-hybridized carbons (Fsp3) is 0.308. The van der Waals surface area contributed by atoms with Crippen LogP contribution in [0.2, 0.25) is 0 Å². The number of methoxy groups -OCH3 is 1. The molecule has 1 atom stereocenters. The summed E-state index contributed by atoms with van der Waals surface area (Å²) in [6.45, 7) is 3.10. The predicted octanol–water partition coefficient (Wildman–Crippen LogP) is 4.54. The molecule has 1 aliphatic rings. The molecule has 1 aliphatic heterocycles. The van der Waals surface area contributed by atoms with E-state index in [9.17, 15) is 4.79 Å². The van der Waals surface area contributed by atoms with Crippen LogP contribution in [0.3, 0.4) is 0 Å². The number of amides is 1. The van der Waals surface area contributed by atoms with E-state index in [1.165, 1.54) is 0 Å². The highest BCUT2D eigenvalue weighted by atomic mass is 79.9. The van der Waals surface area contributed by atoms with E-state index in [0.717, 1.165) is 45.4 Å². The summed E-state index contributed by atoms with van der Waals surface area (Å²) in [4.78, 5) is 24.0. The van der Waals surface area contributed by atoms with Gasteiger partial charge >= 0.3 is 0 Å². The minimum absolute atomic E-state index is 0.0254. The molecular formula is C26H27BrN6O2. The van der Waals surface area contributed by atoms with E-state index in [1.54, 1.807) is 24.7 Å². The lowest BCUT2D eigenvalue weighted by molar-refractivity contribution is -0.142. The molecule has 0 spiro atoms. The van der Waals surface area contributed by atoms with Crippen molar-refractivity contribution in [2.45, 2.75) is 31.8 Å². The van der Waals surface area contributed by atoms with Gasteiger partial charge in [0.1, 0.15) is 11.9 Å². The van der Waals surface area contributed by atoms with Crippen LogP contribution in [0.15, 0.2) is 59.3 Å². The van der Waals surface area contributed by atoms with Gasteiger partial charge in [0.25, 0.3) is 5.91 Å². The molecule has 5 rings (SSSR count). The van der Waals surface area contributed by atoms with Crippen LogP contribution in [0.5, 0.6) is 0 Å². The third-order valence-electron chi connectivity index (χ3n) is 6.69. The van der Waals surface area contributed by atoms with E-state index < -0.39 is 6.10 Å². The fourth-order valence-corrected chi connectivity index (χ4v) is 5.13. The minimum atomic E-state index is -0.431. The van der Waals surface area contributed by atoms with Crippen LogP contribution in [0.4, 0.5) is 5.82 Å². The second-order valence-electron chi connectivity index (χ2n) is 8.77. The number of halogens is 1. The van der Waals surface area contributed by atoms with Gasteiger partial charge in [-0.05, 0) is 41.8 Å². The summed E-state index contributed by atoms with van der Waals surface area (Å²) < 4.78 is 7.61. The number of anilines is 1. The standard InChI is InChI=1S/C26H27BrN6O2/c1-16(35-2)26(34)32-12-10-18(11-13-32)23-22(27)24(28)33-25(31-23)20(15-30-33)19-8-9-21(29-14-19)17-6-4-3-5-7-17/h3-9,14-16,18H,10-13,28H2,1-2H3. The average Bonchev–Trinajstić information content (AvgIpc) is 3.34. The fourth-order valence-electron chi connectivity index (χ4n) is 4.55. The molecule has 1 amide bonds. The van der Waals surface area contributed by atoms with Crippen LogP contribution in [0.1, 0.15) is 31.4 Å². The monoisotopic (exact) mass is 534 g/mol. The molecule has 0 bridgehead atoms. The zero-order valence-electron chi connectivity index (χ0n) is 19.7. The van der Waals surface area contributed by atoms with Gasteiger partial charge in [0.05, 0.1) is 22.1 Å². The molecule has 1 saturated heterocycles.